The van der Waals surface area contributed by atoms with Crippen molar-refractivity contribution >= 4 is 17.7 Å². The summed E-state index contributed by atoms with van der Waals surface area (Å²) in [6.45, 7) is 1.97. The summed E-state index contributed by atoms with van der Waals surface area (Å²) in [5.41, 5.74) is 7.00. The van der Waals surface area contributed by atoms with Crippen molar-refractivity contribution in [3.05, 3.63) is 29.8 Å². The Morgan fingerprint density at radius 3 is 2.71 bits per heavy atom. The summed E-state index contributed by atoms with van der Waals surface area (Å²) in [4.78, 5) is 13.2. The molecule has 21 heavy (non-hydrogen) atoms. The Bertz CT molecular complexity index is 454. The second-order valence-corrected chi connectivity index (χ2v) is 6.95. The monoisotopic (exact) mass is 306 g/mol. The van der Waals surface area contributed by atoms with Crippen molar-refractivity contribution in [1.82, 2.24) is 5.32 Å². The van der Waals surface area contributed by atoms with Gasteiger partial charge in [-0.25, -0.2) is 0 Å². The van der Waals surface area contributed by atoms with Gasteiger partial charge in [0.05, 0.1) is 5.75 Å². The molecule has 0 bridgehead atoms. The number of hydrogen-bond acceptors (Lipinski definition) is 3. The van der Waals surface area contributed by atoms with Gasteiger partial charge in [-0.1, -0.05) is 37.8 Å². The quantitative estimate of drug-likeness (QED) is 0.645. The van der Waals surface area contributed by atoms with Crippen molar-refractivity contribution in [2.75, 3.05) is 5.75 Å². The van der Waals surface area contributed by atoms with Gasteiger partial charge in [0, 0.05) is 17.0 Å². The van der Waals surface area contributed by atoms with Crippen molar-refractivity contribution in [3.63, 3.8) is 0 Å². The molecule has 0 aliphatic heterocycles. The van der Waals surface area contributed by atoms with Crippen LogP contribution in [0, 0.1) is 0 Å². The van der Waals surface area contributed by atoms with Crippen LogP contribution in [0.5, 0.6) is 0 Å². The lowest BCUT2D eigenvalue weighted by Gasteiger charge is -2.16. The molecule has 116 valence electrons. The zero-order valence-electron chi connectivity index (χ0n) is 12.8. The first-order chi connectivity index (χ1) is 10.1. The zero-order chi connectivity index (χ0) is 15.1. The van der Waals surface area contributed by atoms with Gasteiger partial charge in [0.2, 0.25) is 5.91 Å². The van der Waals surface area contributed by atoms with E-state index in [0.717, 1.165) is 23.3 Å². The highest BCUT2D eigenvalue weighted by molar-refractivity contribution is 8.00. The highest BCUT2D eigenvalue weighted by Gasteiger charge is 2.14. The molecule has 1 saturated carbocycles. The maximum Gasteiger partial charge on any atom is 0.230 e. The molecule has 0 radical (unpaired) electrons. The molecule has 1 unspecified atom stereocenters. The third-order valence-electron chi connectivity index (χ3n) is 3.97. The summed E-state index contributed by atoms with van der Waals surface area (Å²) >= 11 is 1.59. The molecule has 1 fully saturated rings. The van der Waals surface area contributed by atoms with Crippen molar-refractivity contribution in [2.24, 2.45) is 5.73 Å². The third-order valence-corrected chi connectivity index (χ3v) is 4.97. The fourth-order valence-corrected chi connectivity index (χ4v) is 3.50. The molecule has 0 saturated heterocycles. The largest absolute Gasteiger partial charge is 0.353 e. The molecule has 1 aliphatic carbocycles. The van der Waals surface area contributed by atoms with Gasteiger partial charge in [-0.3, -0.25) is 4.79 Å². The third kappa shape index (κ3) is 5.71. The van der Waals surface area contributed by atoms with Crippen LogP contribution < -0.4 is 11.1 Å². The van der Waals surface area contributed by atoms with Crippen LogP contribution >= 0.6 is 11.8 Å². The van der Waals surface area contributed by atoms with Crippen molar-refractivity contribution in [2.45, 2.75) is 62.4 Å². The van der Waals surface area contributed by atoms with Gasteiger partial charge in [-0.05, 0) is 37.5 Å². The molecule has 0 aromatic heterocycles. The van der Waals surface area contributed by atoms with Gasteiger partial charge < -0.3 is 11.1 Å². The Balaban J connectivity index is 1.79. The van der Waals surface area contributed by atoms with E-state index in [0.29, 0.717) is 11.8 Å². The minimum Gasteiger partial charge on any atom is -0.353 e. The molecule has 1 amide bonds. The lowest BCUT2D eigenvalue weighted by molar-refractivity contribution is -0.119. The Labute approximate surface area is 132 Å². The lowest BCUT2D eigenvalue weighted by Crippen LogP contribution is -2.35. The fourth-order valence-electron chi connectivity index (χ4n) is 2.73. The molecule has 1 aromatic carbocycles. The van der Waals surface area contributed by atoms with Crippen molar-refractivity contribution in [1.29, 1.82) is 0 Å². The topological polar surface area (TPSA) is 55.1 Å². The van der Waals surface area contributed by atoms with E-state index in [1.54, 1.807) is 11.8 Å². The van der Waals surface area contributed by atoms with E-state index in [1.165, 1.54) is 25.7 Å². The SMILES string of the molecule is CC(N)c1cccc(SCC(=O)NC2CCCCCC2)c1. The van der Waals surface area contributed by atoms with Crippen LogP contribution in [-0.4, -0.2) is 17.7 Å². The molecule has 1 aromatic rings. The summed E-state index contributed by atoms with van der Waals surface area (Å²) < 4.78 is 0. The molecule has 4 heteroatoms. The predicted octanol–water partition coefficient (Wildman–Crippen LogP) is 3.64. The smallest absolute Gasteiger partial charge is 0.230 e. The summed E-state index contributed by atoms with van der Waals surface area (Å²) in [6, 6.07) is 8.57. The second kappa shape index (κ2) is 8.44. The maximum atomic E-state index is 12.1. The van der Waals surface area contributed by atoms with Crippen LogP contribution in [0.15, 0.2) is 29.2 Å². The van der Waals surface area contributed by atoms with E-state index in [2.05, 4.69) is 11.4 Å². The Kier molecular flexibility index (Phi) is 6.58. The maximum absolute atomic E-state index is 12.1. The van der Waals surface area contributed by atoms with Gasteiger partial charge in [-0.2, -0.15) is 0 Å². The molecule has 0 spiro atoms. The normalized spacial score (nSPS) is 18.0. The van der Waals surface area contributed by atoms with E-state index in [-0.39, 0.29) is 11.9 Å². The van der Waals surface area contributed by atoms with Gasteiger partial charge in [0.15, 0.2) is 0 Å². The molecule has 1 atom stereocenters. The van der Waals surface area contributed by atoms with Crippen LogP contribution in [0.25, 0.3) is 0 Å². The van der Waals surface area contributed by atoms with Crippen LogP contribution in [0.2, 0.25) is 0 Å². The van der Waals surface area contributed by atoms with Gasteiger partial charge in [0.1, 0.15) is 0 Å². The Morgan fingerprint density at radius 1 is 1.33 bits per heavy atom. The molecule has 3 N–H and O–H groups in total. The van der Waals surface area contributed by atoms with Crippen LogP contribution in [-0.2, 0) is 4.79 Å². The minimum atomic E-state index is 0.0327. The predicted molar refractivity (Wildman–Crippen MR) is 89.4 cm³/mol. The van der Waals surface area contributed by atoms with E-state index in [4.69, 9.17) is 5.73 Å². The van der Waals surface area contributed by atoms with E-state index in [1.807, 2.05) is 25.1 Å². The number of nitrogens with two attached hydrogens (primary N) is 1. The second-order valence-electron chi connectivity index (χ2n) is 5.91. The van der Waals surface area contributed by atoms with Crippen molar-refractivity contribution in [3.8, 4) is 0 Å². The number of rotatable bonds is 5. The van der Waals surface area contributed by atoms with Crippen molar-refractivity contribution < 1.29 is 4.79 Å². The van der Waals surface area contributed by atoms with Gasteiger partial charge in [0.25, 0.3) is 0 Å². The zero-order valence-corrected chi connectivity index (χ0v) is 13.6. The minimum absolute atomic E-state index is 0.0327. The lowest BCUT2D eigenvalue weighted by atomic mass is 10.1. The summed E-state index contributed by atoms with van der Waals surface area (Å²) in [6.07, 6.45) is 7.38. The molecule has 2 rings (SSSR count). The number of carbonyl (C=O) groups is 1. The molecule has 1 aliphatic rings. The van der Waals surface area contributed by atoms with Crippen LogP contribution in [0.3, 0.4) is 0 Å². The highest BCUT2D eigenvalue weighted by atomic mass is 32.2. The van der Waals surface area contributed by atoms with Crippen LogP contribution in [0.4, 0.5) is 0 Å². The van der Waals surface area contributed by atoms with Gasteiger partial charge in [-0.15, -0.1) is 11.8 Å². The fraction of sp³-hybridized carbons (Fsp3) is 0.588. The molecular formula is C17H26N2OS. The standard InChI is InChI=1S/C17H26N2OS/c1-13(18)14-7-6-10-16(11-14)21-12-17(20)19-15-8-4-2-3-5-9-15/h6-7,10-11,13,15H,2-5,8-9,12,18H2,1H3,(H,19,20). The van der Waals surface area contributed by atoms with E-state index >= 15 is 0 Å². The number of amides is 1. The number of benzene rings is 1. The number of thioether (sulfide) groups is 1. The molecular weight excluding hydrogens is 280 g/mol. The summed E-state index contributed by atoms with van der Waals surface area (Å²) in [5.74, 6) is 0.636. The van der Waals surface area contributed by atoms with Crippen LogP contribution in [0.1, 0.15) is 57.1 Å². The highest BCUT2D eigenvalue weighted by Crippen LogP contribution is 2.22. The number of hydrogen-bond donors (Lipinski definition) is 2. The molecule has 3 nitrogen and oxygen atoms in total. The first-order valence-electron chi connectivity index (χ1n) is 7.93. The first-order valence-corrected chi connectivity index (χ1v) is 8.91. The number of nitrogens with one attached hydrogen (secondary N) is 1. The molecule has 0 heterocycles. The summed E-state index contributed by atoms with van der Waals surface area (Å²) in [5, 5.41) is 3.18. The van der Waals surface area contributed by atoms with E-state index < -0.39 is 0 Å². The number of carbonyl (C=O) groups excluding carboxylic acids is 1. The van der Waals surface area contributed by atoms with Gasteiger partial charge >= 0.3 is 0 Å². The Morgan fingerprint density at radius 2 is 2.05 bits per heavy atom. The Hall–Kier alpha value is -1.00. The van der Waals surface area contributed by atoms with E-state index in [9.17, 15) is 4.79 Å². The average Bonchev–Trinajstić information content (AvgIpc) is 2.74. The summed E-state index contributed by atoms with van der Waals surface area (Å²) in [7, 11) is 0. The first kappa shape index (κ1) is 16.4. The average molecular weight is 306 g/mol.